The zero-order chi connectivity index (χ0) is 19.3. The fraction of sp³-hybridized carbons (Fsp3) is 0.667. The number of aliphatic hydroxyl groups excluding tert-OH is 4. The van der Waals surface area contributed by atoms with E-state index in [0.29, 0.717) is 6.61 Å². The second kappa shape index (κ2) is 9.57. The zero-order valence-electron chi connectivity index (χ0n) is 14.8. The molecule has 0 amide bonds. The molecule has 1 aliphatic heterocycles. The number of β-amino-alcohol motifs (C(OH)–C–C–N with tert-alkyl or cyclic N) is 1. The standard InChI is InChI=1S/C18H27F2NO5/c1-2-3-6-26-11-7-13(19)12(14(20)8-11)4-5-21-9-16(23)18(25)17(24)15(21)10-22/h7-8,15-18,22-25H,2-6,9-10H2,1H3/t15-,16+,17-,18-/m1/s1. The van der Waals surface area contributed by atoms with Gasteiger partial charge in [0.1, 0.15) is 29.6 Å². The summed E-state index contributed by atoms with van der Waals surface area (Å²) in [7, 11) is 0. The van der Waals surface area contributed by atoms with Crippen molar-refractivity contribution in [3.63, 3.8) is 0 Å². The van der Waals surface area contributed by atoms with Gasteiger partial charge < -0.3 is 25.2 Å². The van der Waals surface area contributed by atoms with E-state index in [-0.39, 0.29) is 30.8 Å². The van der Waals surface area contributed by atoms with Crippen LogP contribution in [0.1, 0.15) is 25.3 Å². The van der Waals surface area contributed by atoms with E-state index in [4.69, 9.17) is 4.74 Å². The number of rotatable bonds is 8. The topological polar surface area (TPSA) is 93.4 Å². The van der Waals surface area contributed by atoms with Crippen LogP contribution in [0.5, 0.6) is 5.75 Å². The maximum Gasteiger partial charge on any atom is 0.133 e. The van der Waals surface area contributed by atoms with E-state index in [2.05, 4.69) is 0 Å². The van der Waals surface area contributed by atoms with Crippen LogP contribution < -0.4 is 4.74 Å². The predicted octanol–water partition coefficient (Wildman–Crippen LogP) is 0.445. The molecule has 2 rings (SSSR count). The van der Waals surface area contributed by atoms with Gasteiger partial charge in [-0.15, -0.1) is 0 Å². The van der Waals surface area contributed by atoms with Gasteiger partial charge in [0.2, 0.25) is 0 Å². The number of benzene rings is 1. The van der Waals surface area contributed by atoms with E-state index in [1.165, 1.54) is 4.90 Å². The summed E-state index contributed by atoms with van der Waals surface area (Å²) < 4.78 is 33.8. The summed E-state index contributed by atoms with van der Waals surface area (Å²) in [6.45, 7) is 2.03. The lowest BCUT2D eigenvalue weighted by molar-refractivity contribution is -0.144. The van der Waals surface area contributed by atoms with Gasteiger partial charge in [-0.25, -0.2) is 8.78 Å². The fourth-order valence-electron chi connectivity index (χ4n) is 3.13. The lowest BCUT2D eigenvalue weighted by atomic mass is 9.93. The number of nitrogens with zero attached hydrogens (tertiary/aromatic N) is 1. The number of aliphatic hydroxyl groups is 4. The number of piperidine rings is 1. The van der Waals surface area contributed by atoms with Gasteiger partial charge in [0.25, 0.3) is 0 Å². The van der Waals surface area contributed by atoms with Crippen LogP contribution in [0.2, 0.25) is 0 Å². The molecule has 1 aromatic carbocycles. The molecule has 0 saturated carbocycles. The van der Waals surface area contributed by atoms with Crippen molar-refractivity contribution in [3.05, 3.63) is 29.3 Å². The third kappa shape index (κ3) is 4.89. The van der Waals surface area contributed by atoms with E-state index in [9.17, 15) is 29.2 Å². The van der Waals surface area contributed by atoms with Gasteiger partial charge in [0.05, 0.1) is 25.4 Å². The third-order valence-corrected chi connectivity index (χ3v) is 4.75. The highest BCUT2D eigenvalue weighted by atomic mass is 19.1. The first-order chi connectivity index (χ1) is 12.4. The van der Waals surface area contributed by atoms with Crippen LogP contribution in [-0.4, -0.2) is 76.0 Å². The molecule has 0 aromatic heterocycles. The van der Waals surface area contributed by atoms with Crippen LogP contribution in [0, 0.1) is 11.6 Å². The van der Waals surface area contributed by atoms with Crippen LogP contribution >= 0.6 is 0 Å². The number of unbranched alkanes of at least 4 members (excludes halogenated alkanes) is 1. The van der Waals surface area contributed by atoms with Crippen molar-refractivity contribution in [2.45, 2.75) is 50.5 Å². The highest BCUT2D eigenvalue weighted by Crippen LogP contribution is 2.24. The van der Waals surface area contributed by atoms with Crippen molar-refractivity contribution < 1.29 is 33.9 Å². The Morgan fingerprint density at radius 2 is 1.81 bits per heavy atom. The van der Waals surface area contributed by atoms with Crippen molar-refractivity contribution >= 4 is 0 Å². The molecule has 1 aliphatic rings. The molecule has 4 atom stereocenters. The minimum Gasteiger partial charge on any atom is -0.493 e. The minimum absolute atomic E-state index is 0.00902. The molecule has 6 nitrogen and oxygen atoms in total. The summed E-state index contributed by atoms with van der Waals surface area (Å²) in [5.74, 6) is -1.32. The largest absolute Gasteiger partial charge is 0.493 e. The van der Waals surface area contributed by atoms with Gasteiger partial charge in [0.15, 0.2) is 0 Å². The van der Waals surface area contributed by atoms with Crippen LogP contribution in [0.25, 0.3) is 0 Å². The Hall–Kier alpha value is -1.32. The summed E-state index contributed by atoms with van der Waals surface area (Å²) in [5.41, 5.74) is -0.125. The van der Waals surface area contributed by atoms with E-state index in [1.807, 2.05) is 6.92 Å². The molecule has 0 spiro atoms. The summed E-state index contributed by atoms with van der Waals surface area (Å²) in [6.07, 6.45) is -2.21. The van der Waals surface area contributed by atoms with Gasteiger partial charge in [-0.05, 0) is 12.8 Å². The molecule has 1 fully saturated rings. The number of ether oxygens (including phenoxy) is 1. The van der Waals surface area contributed by atoms with Crippen molar-refractivity contribution in [2.75, 3.05) is 26.3 Å². The molecule has 1 heterocycles. The average Bonchev–Trinajstić information content (AvgIpc) is 2.59. The van der Waals surface area contributed by atoms with Gasteiger partial charge in [-0.1, -0.05) is 13.3 Å². The molecule has 0 aliphatic carbocycles. The number of likely N-dealkylation sites (tertiary alicyclic amines) is 1. The van der Waals surface area contributed by atoms with Crippen molar-refractivity contribution in [1.29, 1.82) is 0 Å². The second-order valence-electron chi connectivity index (χ2n) is 6.61. The first-order valence-corrected chi connectivity index (χ1v) is 8.88. The SMILES string of the molecule is CCCCOc1cc(F)c(CCN2C[C@H](O)[C@@H](O)[C@H](O)[C@H]2CO)c(F)c1. The average molecular weight is 375 g/mol. The molecule has 4 N–H and O–H groups in total. The molecule has 26 heavy (non-hydrogen) atoms. The lowest BCUT2D eigenvalue weighted by Gasteiger charge is -2.43. The van der Waals surface area contributed by atoms with Crippen molar-refractivity contribution in [1.82, 2.24) is 4.90 Å². The highest BCUT2D eigenvalue weighted by Gasteiger charge is 2.40. The molecule has 1 aromatic rings. The van der Waals surface area contributed by atoms with Gasteiger partial charge in [-0.2, -0.15) is 0 Å². The van der Waals surface area contributed by atoms with E-state index in [0.717, 1.165) is 25.0 Å². The molecular weight excluding hydrogens is 348 g/mol. The Labute approximate surface area is 151 Å². The van der Waals surface area contributed by atoms with Crippen LogP contribution in [0.4, 0.5) is 8.78 Å². The van der Waals surface area contributed by atoms with Gasteiger partial charge in [-0.3, -0.25) is 4.90 Å². The molecular formula is C18H27F2NO5. The van der Waals surface area contributed by atoms with E-state index < -0.39 is 42.6 Å². The predicted molar refractivity (Wildman–Crippen MR) is 90.9 cm³/mol. The van der Waals surface area contributed by atoms with E-state index in [1.54, 1.807) is 0 Å². The number of halogens is 2. The Kier molecular flexibility index (Phi) is 7.72. The van der Waals surface area contributed by atoms with Crippen LogP contribution in [0.15, 0.2) is 12.1 Å². The highest BCUT2D eigenvalue weighted by molar-refractivity contribution is 5.31. The summed E-state index contributed by atoms with van der Waals surface area (Å²) in [6, 6.07) is 1.47. The van der Waals surface area contributed by atoms with E-state index >= 15 is 0 Å². The first kappa shape index (κ1) is 21.0. The summed E-state index contributed by atoms with van der Waals surface area (Å²) in [5, 5.41) is 38.8. The molecule has 1 saturated heterocycles. The zero-order valence-corrected chi connectivity index (χ0v) is 14.8. The summed E-state index contributed by atoms with van der Waals surface area (Å²) >= 11 is 0. The molecule has 0 radical (unpaired) electrons. The lowest BCUT2D eigenvalue weighted by Crippen LogP contribution is -2.62. The Morgan fingerprint density at radius 1 is 1.15 bits per heavy atom. The van der Waals surface area contributed by atoms with Crippen LogP contribution in [0.3, 0.4) is 0 Å². The maximum atomic E-state index is 14.2. The quantitative estimate of drug-likeness (QED) is 0.493. The fourth-order valence-corrected chi connectivity index (χ4v) is 3.13. The smallest absolute Gasteiger partial charge is 0.133 e. The second-order valence-corrected chi connectivity index (χ2v) is 6.61. The van der Waals surface area contributed by atoms with Crippen molar-refractivity contribution in [3.8, 4) is 5.75 Å². The normalized spacial score (nSPS) is 26.9. The molecule has 8 heteroatoms. The molecule has 0 unspecified atom stereocenters. The number of hydrogen-bond donors (Lipinski definition) is 4. The van der Waals surface area contributed by atoms with Crippen LogP contribution in [-0.2, 0) is 6.42 Å². The molecule has 0 bridgehead atoms. The third-order valence-electron chi connectivity index (χ3n) is 4.75. The maximum absolute atomic E-state index is 14.2. The monoisotopic (exact) mass is 375 g/mol. The Morgan fingerprint density at radius 3 is 2.38 bits per heavy atom. The van der Waals surface area contributed by atoms with Gasteiger partial charge in [0, 0.05) is 30.8 Å². The summed E-state index contributed by atoms with van der Waals surface area (Å²) in [4.78, 5) is 1.52. The molecule has 148 valence electrons. The van der Waals surface area contributed by atoms with Gasteiger partial charge >= 0.3 is 0 Å². The Bertz CT molecular complexity index is 566. The minimum atomic E-state index is -1.36. The number of hydrogen-bond acceptors (Lipinski definition) is 6. The Balaban J connectivity index is 2.04. The van der Waals surface area contributed by atoms with Crippen molar-refractivity contribution in [2.24, 2.45) is 0 Å². The first-order valence-electron chi connectivity index (χ1n) is 8.88.